The molecule has 1 aliphatic heterocycles. The predicted molar refractivity (Wildman–Crippen MR) is 96.7 cm³/mol. The van der Waals surface area contributed by atoms with E-state index < -0.39 is 0 Å². The smallest absolute Gasteiger partial charge is 0.226 e. The average Bonchev–Trinajstić information content (AvgIpc) is 3.01. The van der Waals surface area contributed by atoms with Crippen LogP contribution in [0.1, 0.15) is 19.8 Å². The second-order valence-corrected chi connectivity index (χ2v) is 6.46. The fourth-order valence-corrected chi connectivity index (χ4v) is 3.44. The van der Waals surface area contributed by atoms with Gasteiger partial charge in [-0.25, -0.2) is 4.98 Å². The van der Waals surface area contributed by atoms with Gasteiger partial charge >= 0.3 is 0 Å². The van der Waals surface area contributed by atoms with E-state index in [0.717, 1.165) is 60.8 Å². The Morgan fingerprint density at radius 1 is 1.16 bits per heavy atom. The predicted octanol–water partition coefficient (Wildman–Crippen LogP) is 2.52. The molecule has 0 atom stereocenters. The number of hydrogen-bond donors (Lipinski definition) is 1. The molecule has 0 aliphatic carbocycles. The number of imidazole rings is 1. The molecule has 0 radical (unpaired) electrons. The monoisotopic (exact) mass is 358 g/mol. The van der Waals surface area contributed by atoms with Crippen LogP contribution in [-0.4, -0.2) is 48.8 Å². The van der Waals surface area contributed by atoms with Gasteiger partial charge in [-0.1, -0.05) is 0 Å². The molecule has 1 fully saturated rings. The number of aromatic nitrogens is 5. The summed E-state index contributed by atoms with van der Waals surface area (Å²) < 4.78 is 2.04. The number of hydrogen-bond acceptors (Lipinski definition) is 6. The number of nitrogens with zero attached hydrogens (tertiary/aromatic N) is 6. The molecular weight excluding hydrogens is 340 g/mol. The van der Waals surface area contributed by atoms with Crippen molar-refractivity contribution in [2.75, 3.05) is 18.0 Å². The number of rotatable bonds is 3. The summed E-state index contributed by atoms with van der Waals surface area (Å²) in [4.78, 5) is 19.9. The maximum atomic E-state index is 9.77. The number of aliphatic hydroxyl groups excluding tert-OH is 1. The second kappa shape index (κ2) is 6.57. The van der Waals surface area contributed by atoms with E-state index in [1.54, 1.807) is 12.4 Å². The number of fused-ring (bicyclic) bond motifs is 1. The Hall–Kier alpha value is -2.25. The fraction of sp³-hybridized carbons (Fsp3) is 0.412. The summed E-state index contributed by atoms with van der Waals surface area (Å²) in [5.74, 6) is 1.57. The molecular formula is C17H19ClN6O. The van der Waals surface area contributed by atoms with Crippen molar-refractivity contribution in [1.82, 2.24) is 24.5 Å². The first kappa shape index (κ1) is 16.2. The number of anilines is 1. The van der Waals surface area contributed by atoms with Gasteiger partial charge in [0.25, 0.3) is 0 Å². The van der Waals surface area contributed by atoms with Crippen LogP contribution in [0.15, 0.2) is 24.5 Å². The number of halogens is 1. The molecule has 1 N–H and O–H groups in total. The lowest BCUT2D eigenvalue weighted by molar-refractivity contribution is 0.145. The molecule has 25 heavy (non-hydrogen) atoms. The Morgan fingerprint density at radius 3 is 2.56 bits per heavy atom. The Morgan fingerprint density at radius 2 is 1.88 bits per heavy atom. The van der Waals surface area contributed by atoms with Crippen molar-refractivity contribution in [3.63, 3.8) is 0 Å². The quantitative estimate of drug-likeness (QED) is 0.725. The first-order valence-electron chi connectivity index (χ1n) is 8.44. The van der Waals surface area contributed by atoms with Crippen molar-refractivity contribution in [2.24, 2.45) is 0 Å². The second-order valence-electron chi connectivity index (χ2n) is 6.12. The van der Waals surface area contributed by atoms with E-state index in [4.69, 9.17) is 16.6 Å². The standard InChI is InChI=1S/C17H19ClN6O/c1-2-24-14(11-3-7-19-8-4-11)20-13-15(21-17(18)22-16(13)24)23-9-5-12(25)6-10-23/h3-4,7-8,12,25H,2,5-6,9-10H2,1H3. The third kappa shape index (κ3) is 2.94. The van der Waals surface area contributed by atoms with E-state index in [2.05, 4.69) is 26.8 Å². The lowest BCUT2D eigenvalue weighted by atomic mass is 10.1. The molecule has 0 unspecified atom stereocenters. The minimum Gasteiger partial charge on any atom is -0.393 e. The molecule has 8 heteroatoms. The van der Waals surface area contributed by atoms with Crippen LogP contribution in [0.2, 0.25) is 5.28 Å². The molecule has 0 spiro atoms. The van der Waals surface area contributed by atoms with Gasteiger partial charge in [0.05, 0.1) is 6.10 Å². The van der Waals surface area contributed by atoms with E-state index in [-0.39, 0.29) is 11.4 Å². The molecule has 1 aliphatic rings. The maximum Gasteiger partial charge on any atom is 0.226 e. The number of aryl methyl sites for hydroxylation is 1. The van der Waals surface area contributed by atoms with Gasteiger partial charge in [-0.05, 0) is 43.5 Å². The zero-order valence-corrected chi connectivity index (χ0v) is 14.7. The molecule has 4 rings (SSSR count). The molecule has 3 aromatic heterocycles. The number of piperidine rings is 1. The van der Waals surface area contributed by atoms with Crippen molar-refractivity contribution in [3.05, 3.63) is 29.8 Å². The van der Waals surface area contributed by atoms with Gasteiger partial charge in [-0.2, -0.15) is 9.97 Å². The van der Waals surface area contributed by atoms with Crippen LogP contribution in [0.3, 0.4) is 0 Å². The molecule has 0 bridgehead atoms. The average molecular weight is 359 g/mol. The van der Waals surface area contributed by atoms with Gasteiger partial charge in [-0.3, -0.25) is 4.98 Å². The molecule has 4 heterocycles. The van der Waals surface area contributed by atoms with E-state index in [1.807, 2.05) is 16.7 Å². The van der Waals surface area contributed by atoms with Crippen molar-refractivity contribution >= 4 is 28.6 Å². The van der Waals surface area contributed by atoms with Crippen molar-refractivity contribution in [1.29, 1.82) is 0 Å². The summed E-state index contributed by atoms with van der Waals surface area (Å²) >= 11 is 6.21. The van der Waals surface area contributed by atoms with Gasteiger partial charge in [0.1, 0.15) is 5.82 Å². The molecule has 1 saturated heterocycles. The third-order valence-corrected chi connectivity index (χ3v) is 4.74. The molecule has 3 aromatic rings. The Labute approximate surface area is 150 Å². The van der Waals surface area contributed by atoms with E-state index in [0.29, 0.717) is 0 Å². The van der Waals surface area contributed by atoms with Crippen LogP contribution in [0.25, 0.3) is 22.6 Å². The third-order valence-electron chi connectivity index (χ3n) is 4.57. The SMILES string of the molecule is CCn1c(-c2ccncc2)nc2c(N3CCC(O)CC3)nc(Cl)nc21. The summed E-state index contributed by atoms with van der Waals surface area (Å²) in [6.07, 6.45) is 4.69. The van der Waals surface area contributed by atoms with Crippen LogP contribution >= 0.6 is 11.6 Å². The van der Waals surface area contributed by atoms with Gasteiger partial charge in [0.15, 0.2) is 17.0 Å². The first-order chi connectivity index (χ1) is 12.2. The van der Waals surface area contributed by atoms with E-state index in [9.17, 15) is 5.11 Å². The summed E-state index contributed by atoms with van der Waals surface area (Å²) in [5.41, 5.74) is 2.45. The zero-order valence-electron chi connectivity index (χ0n) is 13.9. The number of aliphatic hydroxyl groups is 1. The van der Waals surface area contributed by atoms with Crippen LogP contribution < -0.4 is 4.90 Å². The van der Waals surface area contributed by atoms with Gasteiger partial charge < -0.3 is 14.6 Å². The summed E-state index contributed by atoms with van der Waals surface area (Å²) in [6.45, 7) is 4.23. The Kier molecular flexibility index (Phi) is 4.27. The minimum atomic E-state index is -0.246. The highest BCUT2D eigenvalue weighted by molar-refractivity contribution is 6.28. The van der Waals surface area contributed by atoms with E-state index >= 15 is 0 Å². The summed E-state index contributed by atoms with van der Waals surface area (Å²) in [6, 6.07) is 3.86. The molecule has 0 amide bonds. The maximum absolute atomic E-state index is 9.77. The van der Waals surface area contributed by atoms with Gasteiger partial charge in [0.2, 0.25) is 5.28 Å². The fourth-order valence-electron chi connectivity index (χ4n) is 3.28. The lowest BCUT2D eigenvalue weighted by Gasteiger charge is -2.30. The molecule has 130 valence electrons. The molecule has 0 saturated carbocycles. The van der Waals surface area contributed by atoms with E-state index in [1.165, 1.54) is 0 Å². The zero-order chi connectivity index (χ0) is 17.4. The van der Waals surface area contributed by atoms with Crippen molar-refractivity contribution < 1.29 is 5.11 Å². The molecule has 7 nitrogen and oxygen atoms in total. The van der Waals surface area contributed by atoms with Crippen molar-refractivity contribution in [3.8, 4) is 11.4 Å². The number of pyridine rings is 1. The highest BCUT2D eigenvalue weighted by Crippen LogP contribution is 2.31. The lowest BCUT2D eigenvalue weighted by Crippen LogP contribution is -2.36. The largest absolute Gasteiger partial charge is 0.393 e. The minimum absolute atomic E-state index is 0.213. The Bertz CT molecular complexity index is 889. The van der Waals surface area contributed by atoms with Crippen molar-refractivity contribution in [2.45, 2.75) is 32.4 Å². The summed E-state index contributed by atoms with van der Waals surface area (Å²) in [5, 5.41) is 9.98. The highest BCUT2D eigenvalue weighted by Gasteiger charge is 2.24. The van der Waals surface area contributed by atoms with Crippen LogP contribution in [-0.2, 0) is 6.54 Å². The van der Waals surface area contributed by atoms with Crippen LogP contribution in [0, 0.1) is 0 Å². The molecule has 0 aromatic carbocycles. The van der Waals surface area contributed by atoms with Crippen LogP contribution in [0.5, 0.6) is 0 Å². The normalized spacial score (nSPS) is 15.9. The van der Waals surface area contributed by atoms with Gasteiger partial charge in [-0.15, -0.1) is 0 Å². The Balaban J connectivity index is 1.89. The highest BCUT2D eigenvalue weighted by atomic mass is 35.5. The summed E-state index contributed by atoms with van der Waals surface area (Å²) in [7, 11) is 0. The topological polar surface area (TPSA) is 80.0 Å². The van der Waals surface area contributed by atoms with Gasteiger partial charge in [0, 0.05) is 37.6 Å². The van der Waals surface area contributed by atoms with Crippen LogP contribution in [0.4, 0.5) is 5.82 Å². The first-order valence-corrected chi connectivity index (χ1v) is 8.82.